The first-order chi connectivity index (χ1) is 14.0. The number of alkyl halides is 13. The van der Waals surface area contributed by atoms with Crippen LogP contribution in [0.2, 0.25) is 0 Å². The van der Waals surface area contributed by atoms with Gasteiger partial charge in [0.25, 0.3) is 0 Å². The molecule has 0 aromatic heterocycles. The minimum absolute atomic E-state index is 0.0778. The van der Waals surface area contributed by atoms with Gasteiger partial charge in [0.05, 0.1) is 12.0 Å². The fraction of sp³-hybridized carbons (Fsp3) is 0.588. The maximum Gasteiger partial charge on any atom is 0.460 e. The fourth-order valence-corrected chi connectivity index (χ4v) is 2.61. The van der Waals surface area contributed by atoms with E-state index in [1.54, 1.807) is 0 Å². The van der Waals surface area contributed by atoms with E-state index in [4.69, 9.17) is 0 Å². The van der Waals surface area contributed by atoms with Crippen LogP contribution in [0.4, 0.5) is 57.1 Å². The van der Waals surface area contributed by atoms with E-state index in [0.29, 0.717) is 0 Å². The molecule has 0 bridgehead atoms. The smallest absolute Gasteiger partial charge is 0.388 e. The van der Waals surface area contributed by atoms with Crippen LogP contribution in [0, 0.1) is 5.92 Å². The van der Waals surface area contributed by atoms with Crippen LogP contribution in [0.1, 0.15) is 35.9 Å². The van der Waals surface area contributed by atoms with E-state index in [2.05, 4.69) is 0 Å². The highest BCUT2D eigenvalue weighted by molar-refractivity contribution is 5.95. The summed E-state index contributed by atoms with van der Waals surface area (Å²) in [5.74, 6) is -42.2. The van der Waals surface area contributed by atoms with Crippen LogP contribution in [-0.2, 0) is 0 Å². The first kappa shape index (κ1) is 28.0. The van der Waals surface area contributed by atoms with Gasteiger partial charge in [-0.25, -0.2) is 0 Å². The van der Waals surface area contributed by atoms with E-state index in [-0.39, 0.29) is 6.92 Å². The molecule has 1 N–H and O–H groups in total. The minimum atomic E-state index is -8.02. The van der Waals surface area contributed by atoms with Crippen molar-refractivity contribution in [3.8, 4) is 0 Å². The van der Waals surface area contributed by atoms with Gasteiger partial charge in [-0.1, -0.05) is 31.2 Å². The van der Waals surface area contributed by atoms with Crippen LogP contribution in [0.5, 0.6) is 0 Å². The lowest BCUT2D eigenvalue weighted by atomic mass is 9.82. The molecule has 184 valence electrons. The van der Waals surface area contributed by atoms with Gasteiger partial charge in [-0.15, -0.1) is 0 Å². The van der Waals surface area contributed by atoms with Crippen LogP contribution in [0.15, 0.2) is 24.3 Å². The quantitative estimate of drug-likeness (QED) is 0.339. The predicted octanol–water partition coefficient (Wildman–Crippen LogP) is 6.30. The van der Waals surface area contributed by atoms with Crippen molar-refractivity contribution in [1.82, 2.24) is 0 Å². The highest BCUT2D eigenvalue weighted by atomic mass is 19.4. The van der Waals surface area contributed by atoms with E-state index in [1.807, 2.05) is 0 Å². The number of Topliss-reactive ketones (excluding diaryl/α,β-unsaturated/α-hetero) is 1. The van der Waals surface area contributed by atoms with Gasteiger partial charge in [-0.05, 0) is 12.5 Å². The molecule has 0 amide bonds. The third-order valence-electron chi connectivity index (χ3n) is 4.66. The molecule has 0 aliphatic rings. The number of hydrogen-bond donors (Lipinski definition) is 1. The second kappa shape index (κ2) is 8.06. The summed E-state index contributed by atoms with van der Waals surface area (Å²) in [4.78, 5) is 11.5. The summed E-state index contributed by atoms with van der Waals surface area (Å²) in [6, 6.07) is 3.73. The zero-order valence-corrected chi connectivity index (χ0v) is 15.7. The van der Waals surface area contributed by atoms with Crippen molar-refractivity contribution in [2.45, 2.75) is 55.7 Å². The molecule has 32 heavy (non-hydrogen) atoms. The summed E-state index contributed by atoms with van der Waals surface area (Å²) in [7, 11) is 0. The number of ketones is 1. The molecule has 0 fully saturated rings. The monoisotopic (exact) mass is 496 g/mol. The SMILES string of the molecule is CC(=O)c1ccccc1C(O)C(C)C(F)(F)C(F)(F)C(F)(F)C(F)(F)C(F)(F)C(F)(F)F. The molecule has 0 spiro atoms. The normalized spacial score (nSPS) is 16.6. The molecule has 15 heteroatoms. The van der Waals surface area contributed by atoms with Gasteiger partial charge in [-0.2, -0.15) is 57.1 Å². The average Bonchev–Trinajstić information content (AvgIpc) is 2.65. The Kier molecular flexibility index (Phi) is 7.05. The molecule has 0 saturated heterocycles. The molecule has 1 rings (SSSR count). The van der Waals surface area contributed by atoms with Crippen LogP contribution in [0.25, 0.3) is 0 Å². The van der Waals surface area contributed by atoms with Crippen molar-refractivity contribution in [3.63, 3.8) is 0 Å². The average molecular weight is 496 g/mol. The number of benzene rings is 1. The molecular weight excluding hydrogens is 483 g/mol. The largest absolute Gasteiger partial charge is 0.460 e. The van der Waals surface area contributed by atoms with Crippen molar-refractivity contribution in [2.24, 2.45) is 5.92 Å². The third-order valence-corrected chi connectivity index (χ3v) is 4.66. The lowest BCUT2D eigenvalue weighted by molar-refractivity contribution is -0.444. The van der Waals surface area contributed by atoms with Gasteiger partial charge in [0.2, 0.25) is 0 Å². The Balaban J connectivity index is 3.56. The van der Waals surface area contributed by atoms with Crippen molar-refractivity contribution in [1.29, 1.82) is 0 Å². The number of rotatable bonds is 8. The number of aliphatic hydroxyl groups is 1. The van der Waals surface area contributed by atoms with E-state index < -0.39 is 64.7 Å². The highest BCUT2D eigenvalue weighted by Gasteiger charge is 2.91. The second-order valence-electron chi connectivity index (χ2n) is 6.80. The summed E-state index contributed by atoms with van der Waals surface area (Å²) in [5.41, 5.74) is -1.40. The number of carbonyl (C=O) groups is 1. The summed E-state index contributed by atoms with van der Waals surface area (Å²) >= 11 is 0. The molecule has 0 radical (unpaired) electrons. The lowest BCUT2D eigenvalue weighted by Crippen LogP contribution is -2.71. The summed E-state index contributed by atoms with van der Waals surface area (Å²) in [6.45, 7) is 0.752. The van der Waals surface area contributed by atoms with Crippen molar-refractivity contribution < 1.29 is 67.0 Å². The molecule has 0 aliphatic heterocycles. The Bertz CT molecular complexity index is 845. The second-order valence-corrected chi connectivity index (χ2v) is 6.80. The molecule has 0 saturated carbocycles. The molecule has 2 unspecified atom stereocenters. The first-order valence-corrected chi connectivity index (χ1v) is 8.23. The van der Waals surface area contributed by atoms with Crippen LogP contribution in [0.3, 0.4) is 0 Å². The van der Waals surface area contributed by atoms with Gasteiger partial charge in [0.15, 0.2) is 5.78 Å². The molecule has 1 aromatic carbocycles. The Morgan fingerprint density at radius 3 is 1.56 bits per heavy atom. The zero-order chi connectivity index (χ0) is 25.7. The van der Waals surface area contributed by atoms with Crippen LogP contribution < -0.4 is 0 Å². The minimum Gasteiger partial charge on any atom is -0.388 e. The number of halogens is 13. The number of hydrogen-bond acceptors (Lipinski definition) is 2. The maximum absolute atomic E-state index is 14.2. The summed E-state index contributed by atoms with van der Waals surface area (Å²) in [6.07, 6.45) is -10.4. The molecule has 0 heterocycles. The number of carbonyl (C=O) groups excluding carboxylic acids is 1. The zero-order valence-electron chi connectivity index (χ0n) is 15.7. The van der Waals surface area contributed by atoms with E-state index >= 15 is 0 Å². The Labute approximate surface area is 171 Å². The van der Waals surface area contributed by atoms with Gasteiger partial charge in [-0.3, -0.25) is 4.79 Å². The summed E-state index contributed by atoms with van der Waals surface area (Å²) in [5, 5.41) is 9.95. The lowest BCUT2D eigenvalue weighted by Gasteiger charge is -2.42. The maximum atomic E-state index is 14.2. The van der Waals surface area contributed by atoms with Crippen molar-refractivity contribution in [3.05, 3.63) is 35.4 Å². The molecule has 1 aromatic rings. The van der Waals surface area contributed by atoms with Gasteiger partial charge < -0.3 is 5.11 Å². The summed E-state index contributed by atoms with van der Waals surface area (Å²) < 4.78 is 172. The predicted molar refractivity (Wildman–Crippen MR) is 81.4 cm³/mol. The Morgan fingerprint density at radius 1 is 0.750 bits per heavy atom. The molecule has 2 nitrogen and oxygen atoms in total. The van der Waals surface area contributed by atoms with Gasteiger partial charge in [0, 0.05) is 5.56 Å². The first-order valence-electron chi connectivity index (χ1n) is 8.23. The fourth-order valence-electron chi connectivity index (χ4n) is 2.61. The molecular formula is C17H13F13O2. The third kappa shape index (κ3) is 3.92. The Morgan fingerprint density at radius 2 is 1.16 bits per heavy atom. The van der Waals surface area contributed by atoms with Crippen LogP contribution in [-0.4, -0.2) is 46.7 Å². The van der Waals surface area contributed by atoms with Crippen LogP contribution >= 0.6 is 0 Å². The van der Waals surface area contributed by atoms with Gasteiger partial charge in [0.1, 0.15) is 0 Å². The van der Waals surface area contributed by atoms with E-state index in [0.717, 1.165) is 31.2 Å². The standard InChI is InChI=1S/C17H13F13O2/c1-7(11(32)10-6-4-3-5-9(10)8(2)31)12(18,19)13(20,21)14(22,23)15(24,25)16(26,27)17(28,29)30/h3-7,11,32H,1-2H3. The number of aliphatic hydroxyl groups excluding tert-OH is 1. The molecule has 2 atom stereocenters. The topological polar surface area (TPSA) is 37.3 Å². The highest BCUT2D eigenvalue weighted by Crippen LogP contribution is 2.62. The van der Waals surface area contributed by atoms with Gasteiger partial charge >= 0.3 is 35.8 Å². The molecule has 0 aliphatic carbocycles. The van der Waals surface area contributed by atoms with E-state index in [1.165, 1.54) is 0 Å². The van der Waals surface area contributed by atoms with E-state index in [9.17, 15) is 67.0 Å². The van der Waals surface area contributed by atoms with Crippen molar-refractivity contribution >= 4 is 5.78 Å². The van der Waals surface area contributed by atoms with Crippen molar-refractivity contribution in [2.75, 3.05) is 0 Å². The Hall–Kier alpha value is -2.06.